The molecule has 0 radical (unpaired) electrons. The number of fused-ring (bicyclic) bond motifs is 1. The van der Waals surface area contributed by atoms with E-state index in [1.165, 1.54) is 23.1 Å². The number of benzene rings is 1. The smallest absolute Gasteiger partial charge is 0.339 e. The Morgan fingerprint density at radius 1 is 1.38 bits per heavy atom. The van der Waals surface area contributed by atoms with Gasteiger partial charge in [-0.3, -0.25) is 14.9 Å². The summed E-state index contributed by atoms with van der Waals surface area (Å²) < 4.78 is 5.10. The summed E-state index contributed by atoms with van der Waals surface area (Å²) in [6.07, 6.45) is 2.83. The molecule has 136 valence electrons. The van der Waals surface area contributed by atoms with Gasteiger partial charge in [0.25, 0.3) is 11.6 Å². The van der Waals surface area contributed by atoms with Crippen LogP contribution < -0.4 is 5.32 Å². The van der Waals surface area contributed by atoms with Crippen LogP contribution in [0.1, 0.15) is 34.1 Å². The average molecular weight is 374 g/mol. The van der Waals surface area contributed by atoms with Crippen LogP contribution in [0, 0.1) is 16.0 Å². The average Bonchev–Trinajstić information content (AvgIpc) is 3.03. The highest BCUT2D eigenvalue weighted by atomic mass is 32.1. The molecule has 1 atom stereocenters. The lowest BCUT2D eigenvalue weighted by atomic mass is 9.88. The third-order valence-corrected chi connectivity index (χ3v) is 5.38. The number of ether oxygens (including phenoxy) is 1. The van der Waals surface area contributed by atoms with Crippen molar-refractivity contribution in [3.63, 3.8) is 0 Å². The molecule has 1 aliphatic carbocycles. The Labute approximate surface area is 154 Å². The third-order valence-electron chi connectivity index (χ3n) is 4.33. The van der Waals surface area contributed by atoms with Crippen LogP contribution >= 0.6 is 11.3 Å². The minimum Gasteiger partial charge on any atom is -0.452 e. The van der Waals surface area contributed by atoms with Crippen LogP contribution in [-0.4, -0.2) is 23.4 Å². The standard InChI is InChI=1S/C18H18N2O5S/c1-11-6-7-12-13(10-26-16(12)8-11)18(22)25-9-17(21)19-14-4-2-3-5-15(14)20(23)24/h2-5,10-11H,6-9H2,1H3,(H,19,21). The number of carbonyl (C=O) groups is 2. The topological polar surface area (TPSA) is 98.5 Å². The van der Waals surface area contributed by atoms with Crippen molar-refractivity contribution < 1.29 is 19.2 Å². The molecule has 1 N–H and O–H groups in total. The lowest BCUT2D eigenvalue weighted by molar-refractivity contribution is -0.383. The Hall–Kier alpha value is -2.74. The van der Waals surface area contributed by atoms with Gasteiger partial charge in [-0.25, -0.2) is 4.79 Å². The molecule has 1 unspecified atom stereocenters. The molecule has 26 heavy (non-hydrogen) atoms. The van der Waals surface area contributed by atoms with Gasteiger partial charge in [0.15, 0.2) is 6.61 Å². The number of amides is 1. The summed E-state index contributed by atoms with van der Waals surface area (Å²) in [4.78, 5) is 35.9. The molecule has 0 bridgehead atoms. The number of nitrogens with zero attached hydrogens (tertiary/aromatic N) is 1. The fraction of sp³-hybridized carbons (Fsp3) is 0.333. The van der Waals surface area contributed by atoms with Gasteiger partial charge in [0.1, 0.15) is 5.69 Å². The monoisotopic (exact) mass is 374 g/mol. The zero-order valence-electron chi connectivity index (χ0n) is 14.2. The minimum absolute atomic E-state index is 0.0699. The van der Waals surface area contributed by atoms with E-state index < -0.39 is 23.4 Å². The Morgan fingerprint density at radius 3 is 2.92 bits per heavy atom. The molecule has 2 aromatic rings. The van der Waals surface area contributed by atoms with Crippen LogP contribution in [0.3, 0.4) is 0 Å². The summed E-state index contributed by atoms with van der Waals surface area (Å²) in [6.45, 7) is 1.69. The van der Waals surface area contributed by atoms with Crippen molar-refractivity contribution in [3.8, 4) is 0 Å². The molecule has 7 nitrogen and oxygen atoms in total. The normalized spacial score (nSPS) is 15.8. The van der Waals surface area contributed by atoms with E-state index >= 15 is 0 Å². The van der Waals surface area contributed by atoms with Gasteiger partial charge >= 0.3 is 5.97 Å². The van der Waals surface area contributed by atoms with Gasteiger partial charge in [-0.2, -0.15) is 0 Å². The van der Waals surface area contributed by atoms with Crippen molar-refractivity contribution in [3.05, 3.63) is 55.8 Å². The van der Waals surface area contributed by atoms with Gasteiger partial charge in [-0.1, -0.05) is 19.1 Å². The maximum absolute atomic E-state index is 12.3. The molecule has 1 amide bonds. The maximum atomic E-state index is 12.3. The first-order valence-electron chi connectivity index (χ1n) is 8.25. The number of para-hydroxylation sites is 2. The minimum atomic E-state index is -0.620. The van der Waals surface area contributed by atoms with E-state index in [2.05, 4.69) is 12.2 Å². The van der Waals surface area contributed by atoms with E-state index in [9.17, 15) is 19.7 Å². The second kappa shape index (κ2) is 7.65. The van der Waals surface area contributed by atoms with Gasteiger partial charge < -0.3 is 10.1 Å². The number of nitrogens with one attached hydrogen (secondary N) is 1. The summed E-state index contributed by atoms with van der Waals surface area (Å²) in [5, 5.41) is 15.1. The number of nitro groups is 1. The Bertz CT molecular complexity index is 861. The zero-order valence-corrected chi connectivity index (χ0v) is 15.0. The highest BCUT2D eigenvalue weighted by molar-refractivity contribution is 7.10. The first kappa shape index (κ1) is 18.1. The van der Waals surface area contributed by atoms with Gasteiger partial charge in [0.05, 0.1) is 10.5 Å². The Balaban J connectivity index is 1.60. The molecule has 1 aromatic carbocycles. The maximum Gasteiger partial charge on any atom is 0.339 e. The van der Waals surface area contributed by atoms with Crippen LogP contribution in [0.25, 0.3) is 0 Å². The Kier molecular flexibility index (Phi) is 5.32. The van der Waals surface area contributed by atoms with E-state index in [1.54, 1.807) is 22.8 Å². The number of hydrogen-bond donors (Lipinski definition) is 1. The van der Waals surface area contributed by atoms with Crippen LogP contribution in [0.2, 0.25) is 0 Å². The van der Waals surface area contributed by atoms with Crippen LogP contribution in [0.4, 0.5) is 11.4 Å². The summed E-state index contributed by atoms with van der Waals surface area (Å²) >= 11 is 1.55. The molecule has 1 heterocycles. The molecule has 1 aliphatic rings. The van der Waals surface area contributed by atoms with Crippen molar-refractivity contribution in [1.29, 1.82) is 0 Å². The highest BCUT2D eigenvalue weighted by Gasteiger charge is 2.24. The largest absolute Gasteiger partial charge is 0.452 e. The van der Waals surface area contributed by atoms with Crippen LogP contribution in [0.5, 0.6) is 0 Å². The third kappa shape index (κ3) is 3.91. The molecule has 3 rings (SSSR count). The fourth-order valence-corrected chi connectivity index (χ4v) is 4.22. The highest BCUT2D eigenvalue weighted by Crippen LogP contribution is 2.33. The first-order chi connectivity index (χ1) is 12.5. The van der Waals surface area contributed by atoms with Gasteiger partial charge in [-0.05, 0) is 36.8 Å². The molecule has 0 saturated carbocycles. The fourth-order valence-electron chi connectivity index (χ4n) is 2.98. The number of anilines is 1. The lowest BCUT2D eigenvalue weighted by Crippen LogP contribution is -2.22. The van der Waals surface area contributed by atoms with Crippen molar-refractivity contribution in [2.75, 3.05) is 11.9 Å². The molecule has 0 aliphatic heterocycles. The van der Waals surface area contributed by atoms with Crippen molar-refractivity contribution in [1.82, 2.24) is 0 Å². The van der Waals surface area contributed by atoms with Crippen molar-refractivity contribution in [2.24, 2.45) is 5.92 Å². The molecular weight excluding hydrogens is 356 g/mol. The zero-order chi connectivity index (χ0) is 18.7. The van der Waals surface area contributed by atoms with Crippen molar-refractivity contribution in [2.45, 2.75) is 26.2 Å². The molecular formula is C18H18N2O5S. The number of thiophene rings is 1. The summed E-state index contributed by atoms with van der Waals surface area (Å²) in [6, 6.07) is 5.80. The molecule has 0 fully saturated rings. The van der Waals surface area contributed by atoms with E-state index in [0.717, 1.165) is 24.8 Å². The predicted octanol–water partition coefficient (Wildman–Crippen LogP) is 3.58. The van der Waals surface area contributed by atoms with E-state index in [4.69, 9.17) is 4.74 Å². The summed E-state index contributed by atoms with van der Waals surface area (Å²) in [7, 11) is 0. The van der Waals surface area contributed by atoms with Crippen molar-refractivity contribution >= 4 is 34.6 Å². The molecule has 1 aromatic heterocycles. The number of esters is 1. The van der Waals surface area contributed by atoms with Gasteiger partial charge in [-0.15, -0.1) is 11.3 Å². The first-order valence-corrected chi connectivity index (χ1v) is 9.13. The lowest BCUT2D eigenvalue weighted by Gasteiger charge is -2.18. The number of nitro benzene ring substituents is 1. The van der Waals surface area contributed by atoms with Crippen LogP contribution in [-0.2, 0) is 22.4 Å². The number of carbonyl (C=O) groups excluding carboxylic acids is 2. The van der Waals surface area contributed by atoms with Gasteiger partial charge in [0.2, 0.25) is 0 Å². The predicted molar refractivity (Wildman–Crippen MR) is 97.5 cm³/mol. The second-order valence-electron chi connectivity index (χ2n) is 6.30. The van der Waals surface area contributed by atoms with E-state index in [-0.39, 0.29) is 11.4 Å². The summed E-state index contributed by atoms with van der Waals surface area (Å²) in [5.74, 6) is -0.544. The van der Waals surface area contributed by atoms with E-state index in [1.807, 2.05) is 0 Å². The number of hydrogen-bond acceptors (Lipinski definition) is 6. The molecule has 8 heteroatoms. The molecule has 0 saturated heterocycles. The second-order valence-corrected chi connectivity index (χ2v) is 7.26. The number of rotatable bonds is 5. The summed E-state index contributed by atoms with van der Waals surface area (Å²) in [5.41, 5.74) is 1.40. The van der Waals surface area contributed by atoms with Gasteiger partial charge in [0, 0.05) is 16.3 Å². The van der Waals surface area contributed by atoms with E-state index in [0.29, 0.717) is 11.5 Å². The Morgan fingerprint density at radius 2 is 2.15 bits per heavy atom. The SMILES string of the molecule is CC1CCc2c(C(=O)OCC(=O)Nc3ccccc3[N+](=O)[O-])csc2C1. The van der Waals surface area contributed by atoms with Crippen LogP contribution in [0.15, 0.2) is 29.6 Å². The molecule has 0 spiro atoms. The quantitative estimate of drug-likeness (QED) is 0.490.